The number of rotatable bonds is 3. The zero-order chi connectivity index (χ0) is 17.4. The van der Waals surface area contributed by atoms with E-state index in [1.807, 2.05) is 13.1 Å². The second-order valence-electron chi connectivity index (χ2n) is 6.69. The number of aryl methyl sites for hydroxylation is 1. The predicted octanol–water partition coefficient (Wildman–Crippen LogP) is 1.02. The quantitative estimate of drug-likeness (QED) is 0.772. The van der Waals surface area contributed by atoms with Crippen LogP contribution in [0.4, 0.5) is 5.95 Å². The molecular formula is C18H22N6O. The molecule has 0 saturated carbocycles. The lowest BCUT2D eigenvalue weighted by atomic mass is 10.0. The first-order valence-electron chi connectivity index (χ1n) is 8.53. The molecule has 0 unspecified atom stereocenters. The molecule has 0 radical (unpaired) electrons. The fourth-order valence-corrected chi connectivity index (χ4v) is 3.51. The van der Waals surface area contributed by atoms with Gasteiger partial charge in [0.05, 0.1) is 6.20 Å². The summed E-state index contributed by atoms with van der Waals surface area (Å²) in [7, 11) is 3.94. The number of aromatic nitrogens is 4. The maximum absolute atomic E-state index is 12.4. The minimum Gasteiger partial charge on any atom is -0.336 e. The Labute approximate surface area is 145 Å². The van der Waals surface area contributed by atoms with Crippen molar-refractivity contribution in [2.24, 2.45) is 7.05 Å². The number of nitrogens with zero attached hydrogens (tertiary/aromatic N) is 5. The predicted molar refractivity (Wildman–Crippen MR) is 97.9 cm³/mol. The number of hydrogen-bond donors (Lipinski definition) is 1. The topological polar surface area (TPSA) is 70.1 Å². The van der Waals surface area contributed by atoms with Gasteiger partial charge in [0.15, 0.2) is 5.65 Å². The van der Waals surface area contributed by atoms with E-state index in [-0.39, 0.29) is 11.6 Å². The molecule has 7 heteroatoms. The standard InChI is InChI=1S/C18H22N6O/c1-22-8-9-24(14(12-22)10-13-6-4-3-5-7-13)18-20-16-15(17(25)21-18)11-19-23(16)2/h3-7,11,14H,8-10,12H2,1-2H3,(H,20,21,25)/t14-/m0/s1. The lowest BCUT2D eigenvalue weighted by molar-refractivity contribution is 0.264. The summed E-state index contributed by atoms with van der Waals surface area (Å²) in [6, 6.07) is 10.7. The number of fused-ring (bicyclic) bond motifs is 1. The molecule has 1 aliphatic heterocycles. The molecule has 3 aromatic rings. The van der Waals surface area contributed by atoms with Crippen LogP contribution >= 0.6 is 0 Å². The zero-order valence-electron chi connectivity index (χ0n) is 14.5. The van der Waals surface area contributed by atoms with Gasteiger partial charge in [-0.25, -0.2) is 0 Å². The summed E-state index contributed by atoms with van der Waals surface area (Å²) in [5.74, 6) is 0.634. The lowest BCUT2D eigenvalue weighted by Gasteiger charge is -2.40. The molecule has 0 bridgehead atoms. The summed E-state index contributed by atoms with van der Waals surface area (Å²) < 4.78 is 1.65. The van der Waals surface area contributed by atoms with E-state index in [0.717, 1.165) is 26.1 Å². The molecule has 1 saturated heterocycles. The molecule has 1 aromatic carbocycles. The fourth-order valence-electron chi connectivity index (χ4n) is 3.51. The number of H-pyrrole nitrogens is 1. The van der Waals surface area contributed by atoms with Crippen LogP contribution in [0.25, 0.3) is 11.0 Å². The molecule has 1 aliphatic rings. The number of likely N-dealkylation sites (N-methyl/N-ethyl adjacent to an activating group) is 1. The minimum absolute atomic E-state index is 0.134. The summed E-state index contributed by atoms with van der Waals surface area (Å²) >= 11 is 0. The SMILES string of the molecule is CN1CCN(c2nc3c(cnn3C)c(=O)[nH]2)[C@@H](Cc2ccccc2)C1. The van der Waals surface area contributed by atoms with Crippen molar-refractivity contribution < 1.29 is 0 Å². The minimum atomic E-state index is -0.134. The van der Waals surface area contributed by atoms with Gasteiger partial charge in [0.25, 0.3) is 5.56 Å². The van der Waals surface area contributed by atoms with Crippen LogP contribution in [-0.4, -0.2) is 57.4 Å². The molecule has 1 N–H and O–H groups in total. The number of nitrogens with one attached hydrogen (secondary N) is 1. The first-order chi connectivity index (χ1) is 12.1. The summed E-state index contributed by atoms with van der Waals surface area (Å²) in [5.41, 5.74) is 1.78. The third kappa shape index (κ3) is 3.02. The third-order valence-electron chi connectivity index (χ3n) is 4.86. The van der Waals surface area contributed by atoms with Crippen molar-refractivity contribution in [1.82, 2.24) is 24.6 Å². The normalized spacial score (nSPS) is 18.8. The van der Waals surface area contributed by atoms with E-state index in [1.54, 1.807) is 10.9 Å². The van der Waals surface area contributed by atoms with Gasteiger partial charge in [-0.05, 0) is 19.0 Å². The van der Waals surface area contributed by atoms with Crippen molar-refractivity contribution in [2.75, 3.05) is 31.6 Å². The van der Waals surface area contributed by atoms with Crippen molar-refractivity contribution >= 4 is 17.0 Å². The van der Waals surface area contributed by atoms with Crippen molar-refractivity contribution in [3.05, 3.63) is 52.4 Å². The Morgan fingerprint density at radius 2 is 2.00 bits per heavy atom. The fraction of sp³-hybridized carbons (Fsp3) is 0.389. The van der Waals surface area contributed by atoms with Crippen molar-refractivity contribution in [1.29, 1.82) is 0 Å². The Bertz CT molecular complexity index is 932. The van der Waals surface area contributed by atoms with E-state index in [2.05, 4.69) is 56.2 Å². The van der Waals surface area contributed by atoms with Crippen LogP contribution in [0.1, 0.15) is 5.56 Å². The Morgan fingerprint density at radius 3 is 2.80 bits per heavy atom. The Hall–Kier alpha value is -2.67. The van der Waals surface area contributed by atoms with E-state index in [0.29, 0.717) is 17.0 Å². The summed E-state index contributed by atoms with van der Waals surface area (Å²) in [6.07, 6.45) is 2.48. The molecular weight excluding hydrogens is 316 g/mol. The van der Waals surface area contributed by atoms with Crippen LogP contribution in [0.2, 0.25) is 0 Å². The van der Waals surface area contributed by atoms with Gasteiger partial charge in [0.1, 0.15) is 5.39 Å². The average molecular weight is 338 g/mol. The van der Waals surface area contributed by atoms with Crippen LogP contribution in [0.3, 0.4) is 0 Å². The molecule has 0 spiro atoms. The van der Waals surface area contributed by atoms with Gasteiger partial charge in [0, 0.05) is 32.7 Å². The molecule has 4 rings (SSSR count). The molecule has 1 fully saturated rings. The van der Waals surface area contributed by atoms with Crippen LogP contribution in [0.5, 0.6) is 0 Å². The zero-order valence-corrected chi connectivity index (χ0v) is 14.5. The van der Waals surface area contributed by atoms with Gasteiger partial charge in [-0.15, -0.1) is 0 Å². The highest BCUT2D eigenvalue weighted by molar-refractivity contribution is 5.74. The van der Waals surface area contributed by atoms with Gasteiger partial charge in [-0.1, -0.05) is 30.3 Å². The van der Waals surface area contributed by atoms with Crippen molar-refractivity contribution in [3.63, 3.8) is 0 Å². The molecule has 0 amide bonds. The smallest absolute Gasteiger partial charge is 0.263 e. The maximum atomic E-state index is 12.4. The number of hydrogen-bond acceptors (Lipinski definition) is 5. The van der Waals surface area contributed by atoms with Gasteiger partial charge in [-0.2, -0.15) is 10.1 Å². The highest BCUT2D eigenvalue weighted by Crippen LogP contribution is 2.20. The van der Waals surface area contributed by atoms with E-state index >= 15 is 0 Å². The number of benzene rings is 1. The van der Waals surface area contributed by atoms with Crippen molar-refractivity contribution in [3.8, 4) is 0 Å². The summed E-state index contributed by atoms with van der Waals surface area (Å²) in [6.45, 7) is 2.71. The first kappa shape index (κ1) is 15.8. The molecule has 1 atom stereocenters. The average Bonchev–Trinajstić information content (AvgIpc) is 2.98. The largest absolute Gasteiger partial charge is 0.336 e. The Morgan fingerprint density at radius 1 is 1.20 bits per heavy atom. The maximum Gasteiger partial charge on any atom is 0.263 e. The van der Waals surface area contributed by atoms with Crippen LogP contribution < -0.4 is 10.5 Å². The van der Waals surface area contributed by atoms with E-state index in [1.165, 1.54) is 5.56 Å². The molecule has 0 aliphatic carbocycles. The van der Waals surface area contributed by atoms with Crippen molar-refractivity contribution in [2.45, 2.75) is 12.5 Å². The highest BCUT2D eigenvalue weighted by Gasteiger charge is 2.27. The van der Waals surface area contributed by atoms with Gasteiger partial charge in [0.2, 0.25) is 5.95 Å². The third-order valence-corrected chi connectivity index (χ3v) is 4.86. The monoisotopic (exact) mass is 338 g/mol. The van der Waals surface area contributed by atoms with Gasteiger partial charge < -0.3 is 9.80 Å². The molecule has 7 nitrogen and oxygen atoms in total. The number of aromatic amines is 1. The van der Waals surface area contributed by atoms with E-state index in [4.69, 9.17) is 0 Å². The molecule has 25 heavy (non-hydrogen) atoms. The second kappa shape index (κ2) is 6.33. The second-order valence-corrected chi connectivity index (χ2v) is 6.69. The van der Waals surface area contributed by atoms with Crippen LogP contribution in [0.15, 0.2) is 41.3 Å². The Kier molecular flexibility index (Phi) is 4.01. The van der Waals surface area contributed by atoms with Crippen LogP contribution in [-0.2, 0) is 13.5 Å². The highest BCUT2D eigenvalue weighted by atomic mass is 16.1. The molecule has 2 aromatic heterocycles. The molecule has 130 valence electrons. The van der Waals surface area contributed by atoms with Crippen LogP contribution in [0, 0.1) is 0 Å². The summed E-state index contributed by atoms with van der Waals surface area (Å²) in [5, 5.41) is 4.68. The summed E-state index contributed by atoms with van der Waals surface area (Å²) in [4.78, 5) is 24.6. The lowest BCUT2D eigenvalue weighted by Crippen LogP contribution is -2.53. The first-order valence-corrected chi connectivity index (χ1v) is 8.53. The number of anilines is 1. The Balaban J connectivity index is 1.71. The number of piperazine rings is 1. The van der Waals surface area contributed by atoms with Gasteiger partial charge >= 0.3 is 0 Å². The van der Waals surface area contributed by atoms with E-state index < -0.39 is 0 Å². The molecule has 3 heterocycles. The van der Waals surface area contributed by atoms with E-state index in [9.17, 15) is 4.79 Å². The van der Waals surface area contributed by atoms with Gasteiger partial charge in [-0.3, -0.25) is 14.5 Å².